The lowest BCUT2D eigenvalue weighted by atomic mass is 9.94. The standard InChI is InChI=1S/C16H20N4O5/c1-16(2,3)9-8-20-11-12(17-14(20)25-9)18(4)15(23)19(13(11)22)7-6-10(21)24-5/h8H,6-7H2,1-5H3. The Morgan fingerprint density at radius 1 is 1.32 bits per heavy atom. The molecular formula is C16H20N4O5. The Hall–Kier alpha value is -2.84. The number of methoxy groups -OCH3 is 1. The Morgan fingerprint density at radius 3 is 2.60 bits per heavy atom. The average molecular weight is 348 g/mol. The number of imidazole rings is 1. The van der Waals surface area contributed by atoms with E-state index in [-0.39, 0.29) is 35.4 Å². The lowest BCUT2D eigenvalue weighted by Crippen LogP contribution is -2.39. The fourth-order valence-corrected chi connectivity index (χ4v) is 2.60. The van der Waals surface area contributed by atoms with Crippen LogP contribution in [0.5, 0.6) is 0 Å². The lowest BCUT2D eigenvalue weighted by Gasteiger charge is -2.13. The first-order chi connectivity index (χ1) is 11.6. The van der Waals surface area contributed by atoms with Crippen LogP contribution >= 0.6 is 0 Å². The smallest absolute Gasteiger partial charge is 0.332 e. The average Bonchev–Trinajstić information content (AvgIpc) is 3.09. The van der Waals surface area contributed by atoms with Gasteiger partial charge in [-0.15, -0.1) is 0 Å². The van der Waals surface area contributed by atoms with Crippen LogP contribution in [0.4, 0.5) is 0 Å². The molecule has 134 valence electrons. The third-order valence-electron chi connectivity index (χ3n) is 4.10. The molecular weight excluding hydrogens is 328 g/mol. The van der Waals surface area contributed by atoms with Gasteiger partial charge in [0.05, 0.1) is 19.7 Å². The minimum absolute atomic E-state index is 0.0642. The molecule has 0 saturated carbocycles. The van der Waals surface area contributed by atoms with Gasteiger partial charge in [-0.05, 0) is 0 Å². The van der Waals surface area contributed by atoms with Crippen LogP contribution in [0.15, 0.2) is 20.2 Å². The van der Waals surface area contributed by atoms with E-state index >= 15 is 0 Å². The van der Waals surface area contributed by atoms with Crippen molar-refractivity contribution in [1.29, 1.82) is 0 Å². The number of ether oxygens (including phenoxy) is 1. The molecule has 0 aliphatic carbocycles. The van der Waals surface area contributed by atoms with Crippen LogP contribution < -0.4 is 11.2 Å². The fraction of sp³-hybridized carbons (Fsp3) is 0.500. The van der Waals surface area contributed by atoms with Crippen molar-refractivity contribution in [3.8, 4) is 0 Å². The molecule has 0 N–H and O–H groups in total. The molecule has 0 atom stereocenters. The molecule has 0 saturated heterocycles. The summed E-state index contributed by atoms with van der Waals surface area (Å²) in [5.41, 5.74) is -0.837. The van der Waals surface area contributed by atoms with Crippen molar-refractivity contribution in [2.75, 3.05) is 7.11 Å². The molecule has 0 fully saturated rings. The maximum absolute atomic E-state index is 12.8. The molecule has 0 aromatic carbocycles. The summed E-state index contributed by atoms with van der Waals surface area (Å²) in [6.07, 6.45) is 1.64. The molecule has 0 radical (unpaired) electrons. The molecule has 3 rings (SSSR count). The molecule has 0 unspecified atom stereocenters. The van der Waals surface area contributed by atoms with Gasteiger partial charge in [-0.1, -0.05) is 20.8 Å². The summed E-state index contributed by atoms with van der Waals surface area (Å²) in [7, 11) is 2.78. The molecule has 9 heteroatoms. The number of carbonyl (C=O) groups excluding carboxylic acids is 1. The summed E-state index contributed by atoms with van der Waals surface area (Å²) < 4.78 is 14.1. The van der Waals surface area contributed by atoms with Crippen LogP contribution in [0.3, 0.4) is 0 Å². The second-order valence-electron chi connectivity index (χ2n) is 6.91. The Kier molecular flexibility index (Phi) is 3.81. The van der Waals surface area contributed by atoms with Crippen LogP contribution in [-0.4, -0.2) is 31.6 Å². The van der Waals surface area contributed by atoms with E-state index in [0.29, 0.717) is 5.76 Å². The van der Waals surface area contributed by atoms with Gasteiger partial charge in [0.1, 0.15) is 5.76 Å². The Bertz CT molecular complexity index is 1090. The first-order valence-electron chi connectivity index (χ1n) is 7.84. The highest BCUT2D eigenvalue weighted by Gasteiger charge is 2.24. The van der Waals surface area contributed by atoms with Gasteiger partial charge in [0.15, 0.2) is 11.2 Å². The number of esters is 1. The third kappa shape index (κ3) is 2.65. The van der Waals surface area contributed by atoms with Gasteiger partial charge in [0.25, 0.3) is 5.56 Å². The van der Waals surface area contributed by atoms with Gasteiger partial charge < -0.3 is 9.15 Å². The second-order valence-corrected chi connectivity index (χ2v) is 6.91. The maximum atomic E-state index is 12.8. The molecule has 3 heterocycles. The van der Waals surface area contributed by atoms with E-state index in [1.165, 1.54) is 18.7 Å². The zero-order valence-corrected chi connectivity index (χ0v) is 14.8. The van der Waals surface area contributed by atoms with Crippen molar-refractivity contribution < 1.29 is 13.9 Å². The molecule has 3 aromatic rings. The summed E-state index contributed by atoms with van der Waals surface area (Å²) in [6, 6.07) is 0. The molecule has 0 aliphatic rings. The highest BCUT2D eigenvalue weighted by molar-refractivity contribution is 5.75. The van der Waals surface area contributed by atoms with Crippen molar-refractivity contribution in [1.82, 2.24) is 18.5 Å². The summed E-state index contributed by atoms with van der Waals surface area (Å²) in [5.74, 6) is 0.426. The molecule has 0 bridgehead atoms. The normalized spacial score (nSPS) is 12.2. The maximum Gasteiger partial charge on any atom is 0.332 e. The highest BCUT2D eigenvalue weighted by Crippen LogP contribution is 2.26. The second kappa shape index (κ2) is 5.61. The van der Waals surface area contributed by atoms with E-state index in [2.05, 4.69) is 9.72 Å². The van der Waals surface area contributed by atoms with E-state index in [1.54, 1.807) is 10.6 Å². The van der Waals surface area contributed by atoms with Crippen LogP contribution in [0.2, 0.25) is 0 Å². The van der Waals surface area contributed by atoms with Crippen LogP contribution in [0.1, 0.15) is 33.0 Å². The van der Waals surface area contributed by atoms with E-state index < -0.39 is 17.2 Å². The number of fused-ring (bicyclic) bond motifs is 3. The Morgan fingerprint density at radius 2 is 2.00 bits per heavy atom. The summed E-state index contributed by atoms with van der Waals surface area (Å²) in [4.78, 5) is 40.9. The molecule has 0 amide bonds. The van der Waals surface area contributed by atoms with Crippen LogP contribution in [0, 0.1) is 0 Å². The van der Waals surface area contributed by atoms with Gasteiger partial charge in [0, 0.05) is 19.0 Å². The number of nitrogens with zero attached hydrogens (tertiary/aromatic N) is 4. The molecule has 25 heavy (non-hydrogen) atoms. The van der Waals surface area contributed by atoms with E-state index in [9.17, 15) is 14.4 Å². The zero-order chi connectivity index (χ0) is 18.5. The first kappa shape index (κ1) is 17.0. The van der Waals surface area contributed by atoms with Crippen LogP contribution in [0.25, 0.3) is 17.0 Å². The van der Waals surface area contributed by atoms with Crippen LogP contribution in [-0.2, 0) is 28.5 Å². The predicted molar refractivity (Wildman–Crippen MR) is 89.8 cm³/mol. The summed E-state index contributed by atoms with van der Waals surface area (Å²) >= 11 is 0. The number of aromatic nitrogens is 4. The van der Waals surface area contributed by atoms with Crippen molar-refractivity contribution >= 4 is 23.0 Å². The zero-order valence-electron chi connectivity index (χ0n) is 14.8. The molecule has 0 spiro atoms. The largest absolute Gasteiger partial charge is 0.469 e. The van der Waals surface area contributed by atoms with Crippen molar-refractivity contribution in [3.05, 3.63) is 32.8 Å². The quantitative estimate of drug-likeness (QED) is 0.649. The Balaban J connectivity index is 2.27. The molecule has 9 nitrogen and oxygen atoms in total. The Labute approximate surface area is 142 Å². The number of carbonyl (C=O) groups is 1. The lowest BCUT2D eigenvalue weighted by molar-refractivity contribution is -0.140. The topological polar surface area (TPSA) is 101 Å². The third-order valence-corrected chi connectivity index (χ3v) is 4.10. The number of aryl methyl sites for hydroxylation is 1. The van der Waals surface area contributed by atoms with Crippen molar-refractivity contribution in [2.24, 2.45) is 7.05 Å². The predicted octanol–water partition coefficient (Wildman–Crippen LogP) is 0.801. The summed E-state index contributed by atoms with van der Waals surface area (Å²) in [5, 5.41) is 0. The van der Waals surface area contributed by atoms with E-state index in [1.807, 2.05) is 20.8 Å². The van der Waals surface area contributed by atoms with Gasteiger partial charge in [-0.2, -0.15) is 4.98 Å². The van der Waals surface area contributed by atoms with Gasteiger partial charge in [-0.3, -0.25) is 23.1 Å². The fourth-order valence-electron chi connectivity index (χ4n) is 2.60. The highest BCUT2D eigenvalue weighted by atomic mass is 16.5. The summed E-state index contributed by atoms with van der Waals surface area (Å²) in [6.45, 7) is 5.89. The molecule has 0 aliphatic heterocycles. The van der Waals surface area contributed by atoms with Gasteiger partial charge in [0.2, 0.25) is 0 Å². The van der Waals surface area contributed by atoms with Crippen molar-refractivity contribution in [3.63, 3.8) is 0 Å². The molecule has 3 aromatic heterocycles. The van der Waals surface area contributed by atoms with Crippen molar-refractivity contribution in [2.45, 2.75) is 39.2 Å². The number of hydrogen-bond donors (Lipinski definition) is 0. The number of oxazole rings is 1. The van der Waals surface area contributed by atoms with E-state index in [4.69, 9.17) is 4.42 Å². The monoisotopic (exact) mass is 348 g/mol. The first-order valence-corrected chi connectivity index (χ1v) is 7.84. The van der Waals surface area contributed by atoms with E-state index in [0.717, 1.165) is 4.57 Å². The number of hydrogen-bond acceptors (Lipinski definition) is 6. The van der Waals surface area contributed by atoms with Gasteiger partial charge >= 0.3 is 17.5 Å². The van der Waals surface area contributed by atoms with Gasteiger partial charge in [-0.25, -0.2) is 4.79 Å². The number of rotatable bonds is 3. The minimum Gasteiger partial charge on any atom is -0.469 e. The SMILES string of the molecule is COC(=O)CCn1c(=O)c2c(nc3oc(C(C)(C)C)cn32)n(C)c1=O. The minimum atomic E-state index is -0.543.